The summed E-state index contributed by atoms with van der Waals surface area (Å²) in [5.74, 6) is 0.748. The molecule has 0 bridgehead atoms. The van der Waals surface area contributed by atoms with Gasteiger partial charge in [0.1, 0.15) is 5.75 Å². The average molecular weight is 410 g/mol. The second-order valence-electron chi connectivity index (χ2n) is 7.98. The van der Waals surface area contributed by atoms with Gasteiger partial charge in [-0.15, -0.1) is 0 Å². The molecule has 1 unspecified atom stereocenters. The van der Waals surface area contributed by atoms with Gasteiger partial charge < -0.3 is 14.4 Å². The van der Waals surface area contributed by atoms with Gasteiger partial charge in [0.15, 0.2) is 5.78 Å². The third kappa shape index (κ3) is 5.92. The molecule has 5 nitrogen and oxygen atoms in total. The van der Waals surface area contributed by atoms with Crippen LogP contribution in [0.1, 0.15) is 52.7 Å². The van der Waals surface area contributed by atoms with Crippen LogP contribution in [0.15, 0.2) is 42.5 Å². The Balaban J connectivity index is 1.65. The van der Waals surface area contributed by atoms with Crippen molar-refractivity contribution in [1.82, 2.24) is 4.90 Å². The van der Waals surface area contributed by atoms with Crippen LogP contribution >= 0.6 is 0 Å². The van der Waals surface area contributed by atoms with Gasteiger partial charge in [-0.3, -0.25) is 9.59 Å². The molecule has 0 aromatic heterocycles. The maximum Gasteiger partial charge on any atom is 0.223 e. The largest absolute Gasteiger partial charge is 0.497 e. The third-order valence-electron chi connectivity index (χ3n) is 5.70. The Morgan fingerprint density at radius 2 is 1.93 bits per heavy atom. The number of rotatable bonds is 9. The van der Waals surface area contributed by atoms with Crippen molar-refractivity contribution in [2.75, 3.05) is 20.3 Å². The van der Waals surface area contributed by atoms with Crippen LogP contribution in [0.5, 0.6) is 5.75 Å². The van der Waals surface area contributed by atoms with Gasteiger partial charge >= 0.3 is 0 Å². The number of ketones is 1. The van der Waals surface area contributed by atoms with Gasteiger partial charge in [0, 0.05) is 38.1 Å². The van der Waals surface area contributed by atoms with Crippen LogP contribution in [0.4, 0.5) is 0 Å². The predicted octanol–water partition coefficient (Wildman–Crippen LogP) is 4.48. The number of hydrogen-bond donors (Lipinski definition) is 0. The molecular formula is C25H31NO4. The zero-order chi connectivity index (χ0) is 21.5. The molecule has 5 heteroatoms. The molecule has 1 atom stereocenters. The molecular weight excluding hydrogens is 378 g/mol. The predicted molar refractivity (Wildman–Crippen MR) is 117 cm³/mol. The number of aryl methyl sites for hydroxylation is 2. The normalized spacial score (nSPS) is 15.8. The number of benzene rings is 2. The Hall–Kier alpha value is -2.66. The highest BCUT2D eigenvalue weighted by atomic mass is 16.5. The van der Waals surface area contributed by atoms with E-state index in [0.717, 1.165) is 41.9 Å². The van der Waals surface area contributed by atoms with E-state index in [1.165, 1.54) is 0 Å². The SMILES string of the molecule is COc1cccc(CN(CC2CCCO2)C(=O)CCC(=O)c2ccc(C)c(C)c2)c1. The van der Waals surface area contributed by atoms with Crippen LogP contribution in [0.2, 0.25) is 0 Å². The summed E-state index contributed by atoms with van der Waals surface area (Å²) < 4.78 is 11.1. The van der Waals surface area contributed by atoms with E-state index < -0.39 is 0 Å². The van der Waals surface area contributed by atoms with Crippen LogP contribution in [-0.4, -0.2) is 43.0 Å². The number of ether oxygens (including phenoxy) is 2. The first-order chi connectivity index (χ1) is 14.5. The van der Waals surface area contributed by atoms with Crippen LogP contribution in [0.3, 0.4) is 0 Å². The second kappa shape index (κ2) is 10.4. The summed E-state index contributed by atoms with van der Waals surface area (Å²) in [4.78, 5) is 27.5. The van der Waals surface area contributed by atoms with E-state index in [4.69, 9.17) is 9.47 Å². The van der Waals surface area contributed by atoms with Crippen molar-refractivity contribution in [2.45, 2.75) is 52.2 Å². The van der Waals surface area contributed by atoms with Crippen molar-refractivity contribution >= 4 is 11.7 Å². The van der Waals surface area contributed by atoms with E-state index in [1.54, 1.807) is 7.11 Å². The molecule has 0 saturated carbocycles. The summed E-state index contributed by atoms with van der Waals surface area (Å²) in [5.41, 5.74) is 3.92. The Morgan fingerprint density at radius 3 is 2.63 bits per heavy atom. The summed E-state index contributed by atoms with van der Waals surface area (Å²) in [7, 11) is 1.63. The molecule has 3 rings (SSSR count). The lowest BCUT2D eigenvalue weighted by molar-refractivity contribution is -0.133. The number of carbonyl (C=O) groups is 2. The minimum Gasteiger partial charge on any atom is -0.497 e. The number of nitrogens with zero attached hydrogens (tertiary/aromatic N) is 1. The van der Waals surface area contributed by atoms with Crippen molar-refractivity contribution in [3.8, 4) is 5.75 Å². The molecule has 1 fully saturated rings. The van der Waals surface area contributed by atoms with E-state index in [0.29, 0.717) is 18.7 Å². The average Bonchev–Trinajstić information content (AvgIpc) is 3.26. The van der Waals surface area contributed by atoms with Gasteiger partial charge in [-0.05, 0) is 61.6 Å². The molecule has 0 radical (unpaired) electrons. The van der Waals surface area contributed by atoms with E-state index in [-0.39, 0.29) is 30.6 Å². The van der Waals surface area contributed by atoms with Gasteiger partial charge in [0.05, 0.1) is 13.2 Å². The van der Waals surface area contributed by atoms with Gasteiger partial charge in [-0.1, -0.05) is 24.3 Å². The smallest absolute Gasteiger partial charge is 0.223 e. The molecule has 1 saturated heterocycles. The molecule has 2 aromatic carbocycles. The Labute approximate surface area is 179 Å². The Morgan fingerprint density at radius 1 is 1.10 bits per heavy atom. The minimum absolute atomic E-state index is 0.00453. The Bertz CT molecular complexity index is 886. The number of Topliss-reactive ketones (excluding diaryl/α,β-unsaturated/α-hetero) is 1. The molecule has 160 valence electrons. The van der Waals surface area contributed by atoms with Crippen molar-refractivity contribution in [2.24, 2.45) is 0 Å². The Kier molecular flexibility index (Phi) is 7.63. The van der Waals surface area contributed by atoms with Crippen molar-refractivity contribution < 1.29 is 19.1 Å². The van der Waals surface area contributed by atoms with Crippen LogP contribution in [0, 0.1) is 13.8 Å². The molecule has 1 amide bonds. The van der Waals surface area contributed by atoms with E-state index >= 15 is 0 Å². The monoisotopic (exact) mass is 409 g/mol. The summed E-state index contributed by atoms with van der Waals surface area (Å²) >= 11 is 0. The molecule has 0 spiro atoms. The zero-order valence-electron chi connectivity index (χ0n) is 18.1. The number of carbonyl (C=O) groups excluding carboxylic acids is 2. The number of hydrogen-bond acceptors (Lipinski definition) is 4. The molecule has 1 aliphatic rings. The molecule has 2 aromatic rings. The van der Waals surface area contributed by atoms with Crippen molar-refractivity contribution in [3.63, 3.8) is 0 Å². The van der Waals surface area contributed by atoms with Gasteiger partial charge in [0.25, 0.3) is 0 Å². The third-order valence-corrected chi connectivity index (χ3v) is 5.70. The molecule has 0 aliphatic carbocycles. The van der Waals surface area contributed by atoms with E-state index in [2.05, 4.69) is 0 Å². The van der Waals surface area contributed by atoms with Gasteiger partial charge in [-0.2, -0.15) is 0 Å². The van der Waals surface area contributed by atoms with Gasteiger partial charge in [-0.25, -0.2) is 0 Å². The van der Waals surface area contributed by atoms with Crippen LogP contribution in [0.25, 0.3) is 0 Å². The number of amides is 1. The van der Waals surface area contributed by atoms with Crippen LogP contribution < -0.4 is 4.74 Å². The lowest BCUT2D eigenvalue weighted by Crippen LogP contribution is -2.37. The second-order valence-corrected chi connectivity index (χ2v) is 7.98. The first kappa shape index (κ1) is 22.0. The van der Waals surface area contributed by atoms with Crippen molar-refractivity contribution in [1.29, 1.82) is 0 Å². The zero-order valence-corrected chi connectivity index (χ0v) is 18.1. The highest BCUT2D eigenvalue weighted by Crippen LogP contribution is 2.19. The highest BCUT2D eigenvalue weighted by molar-refractivity contribution is 5.98. The lowest BCUT2D eigenvalue weighted by Gasteiger charge is -2.26. The van der Waals surface area contributed by atoms with Gasteiger partial charge in [0.2, 0.25) is 5.91 Å². The molecule has 0 N–H and O–H groups in total. The summed E-state index contributed by atoms with van der Waals surface area (Å²) in [6.07, 6.45) is 2.46. The fourth-order valence-electron chi connectivity index (χ4n) is 3.72. The minimum atomic E-state index is -0.0227. The molecule has 1 aliphatic heterocycles. The first-order valence-electron chi connectivity index (χ1n) is 10.6. The first-order valence-corrected chi connectivity index (χ1v) is 10.6. The highest BCUT2D eigenvalue weighted by Gasteiger charge is 2.23. The fourth-order valence-corrected chi connectivity index (χ4v) is 3.72. The maximum atomic E-state index is 13.0. The molecule has 30 heavy (non-hydrogen) atoms. The topological polar surface area (TPSA) is 55.8 Å². The summed E-state index contributed by atoms with van der Waals surface area (Å²) in [6, 6.07) is 13.4. The quantitative estimate of drug-likeness (QED) is 0.573. The maximum absolute atomic E-state index is 13.0. The molecule has 1 heterocycles. The summed E-state index contributed by atoms with van der Waals surface area (Å²) in [5, 5.41) is 0. The standard InChI is InChI=1S/C25H31NO4/c1-18-9-10-21(14-19(18)2)24(27)11-12-25(28)26(17-23-8-5-13-30-23)16-20-6-4-7-22(15-20)29-3/h4,6-7,9-10,14-15,23H,5,8,11-13,16-17H2,1-3H3. The van der Waals surface area contributed by atoms with E-state index in [9.17, 15) is 9.59 Å². The van der Waals surface area contributed by atoms with Crippen LogP contribution in [-0.2, 0) is 16.1 Å². The fraction of sp³-hybridized carbons (Fsp3) is 0.440. The summed E-state index contributed by atoms with van der Waals surface area (Å²) in [6.45, 7) is 5.79. The van der Waals surface area contributed by atoms with E-state index in [1.807, 2.05) is 61.2 Å². The lowest BCUT2D eigenvalue weighted by atomic mass is 10.0. The van der Waals surface area contributed by atoms with Crippen molar-refractivity contribution in [3.05, 3.63) is 64.7 Å². The number of methoxy groups -OCH3 is 1.